The van der Waals surface area contributed by atoms with Crippen molar-refractivity contribution in [3.63, 3.8) is 0 Å². The van der Waals surface area contributed by atoms with Crippen LogP contribution in [0.4, 0.5) is 0 Å². The first kappa shape index (κ1) is 7.76. The lowest BCUT2D eigenvalue weighted by Gasteiger charge is -2.36. The standard InChI is InChI=1S/C8H15NO/c1-3-7(2)4-9-5-8(10)6-9/h8,10H,2-6H2,1H3. The van der Waals surface area contributed by atoms with E-state index in [2.05, 4.69) is 18.4 Å². The van der Waals surface area contributed by atoms with Gasteiger partial charge in [-0.2, -0.15) is 0 Å². The van der Waals surface area contributed by atoms with Crippen LogP contribution < -0.4 is 0 Å². The van der Waals surface area contributed by atoms with Crippen LogP contribution in [0.1, 0.15) is 13.3 Å². The van der Waals surface area contributed by atoms with Gasteiger partial charge in [0.25, 0.3) is 0 Å². The highest BCUT2D eigenvalue weighted by molar-refractivity contribution is 4.98. The lowest BCUT2D eigenvalue weighted by molar-refractivity contribution is 0.00800. The van der Waals surface area contributed by atoms with E-state index in [0.29, 0.717) is 0 Å². The van der Waals surface area contributed by atoms with Gasteiger partial charge >= 0.3 is 0 Å². The summed E-state index contributed by atoms with van der Waals surface area (Å²) in [5.41, 5.74) is 1.26. The minimum Gasteiger partial charge on any atom is -0.390 e. The van der Waals surface area contributed by atoms with Crippen molar-refractivity contribution in [3.05, 3.63) is 12.2 Å². The zero-order valence-electron chi connectivity index (χ0n) is 6.51. The third-order valence-corrected chi connectivity index (χ3v) is 1.89. The maximum Gasteiger partial charge on any atom is 0.0794 e. The molecule has 0 aliphatic carbocycles. The van der Waals surface area contributed by atoms with E-state index < -0.39 is 0 Å². The summed E-state index contributed by atoms with van der Waals surface area (Å²) < 4.78 is 0. The maximum absolute atomic E-state index is 8.93. The number of likely N-dealkylation sites (tertiary alicyclic amines) is 1. The monoisotopic (exact) mass is 141 g/mol. The number of rotatable bonds is 3. The van der Waals surface area contributed by atoms with Gasteiger partial charge in [-0.15, -0.1) is 0 Å². The summed E-state index contributed by atoms with van der Waals surface area (Å²) >= 11 is 0. The number of nitrogens with zero attached hydrogens (tertiary/aromatic N) is 1. The Bertz CT molecular complexity index is 127. The fraction of sp³-hybridized carbons (Fsp3) is 0.750. The Balaban J connectivity index is 2.10. The summed E-state index contributed by atoms with van der Waals surface area (Å²) in [5.74, 6) is 0. The van der Waals surface area contributed by atoms with Crippen LogP contribution in [-0.2, 0) is 0 Å². The van der Waals surface area contributed by atoms with Crippen molar-refractivity contribution in [3.8, 4) is 0 Å². The van der Waals surface area contributed by atoms with Crippen LogP contribution in [0.5, 0.6) is 0 Å². The third-order valence-electron chi connectivity index (χ3n) is 1.89. The molecule has 1 rings (SSSR count). The number of hydrogen-bond acceptors (Lipinski definition) is 2. The molecule has 0 aromatic carbocycles. The van der Waals surface area contributed by atoms with Crippen LogP contribution >= 0.6 is 0 Å². The van der Waals surface area contributed by atoms with E-state index >= 15 is 0 Å². The highest BCUT2D eigenvalue weighted by Crippen LogP contribution is 2.10. The first-order valence-corrected chi connectivity index (χ1v) is 3.79. The molecule has 0 spiro atoms. The van der Waals surface area contributed by atoms with Crippen molar-refractivity contribution in [1.82, 2.24) is 4.90 Å². The Labute approximate surface area is 62.2 Å². The lowest BCUT2D eigenvalue weighted by Crippen LogP contribution is -2.51. The topological polar surface area (TPSA) is 23.5 Å². The molecule has 0 aromatic heterocycles. The fourth-order valence-corrected chi connectivity index (χ4v) is 1.10. The summed E-state index contributed by atoms with van der Waals surface area (Å²) in [7, 11) is 0. The molecule has 0 aromatic rings. The molecule has 10 heavy (non-hydrogen) atoms. The summed E-state index contributed by atoms with van der Waals surface area (Å²) in [5, 5.41) is 8.93. The summed E-state index contributed by atoms with van der Waals surface area (Å²) in [6, 6.07) is 0. The lowest BCUT2D eigenvalue weighted by atomic mass is 10.1. The van der Waals surface area contributed by atoms with E-state index in [4.69, 9.17) is 5.11 Å². The van der Waals surface area contributed by atoms with Crippen LogP contribution in [0.2, 0.25) is 0 Å². The molecule has 0 unspecified atom stereocenters. The van der Waals surface area contributed by atoms with Gasteiger partial charge in [0.05, 0.1) is 6.10 Å². The molecule has 1 N–H and O–H groups in total. The fourth-order valence-electron chi connectivity index (χ4n) is 1.10. The SMILES string of the molecule is C=C(CC)CN1CC(O)C1. The third kappa shape index (κ3) is 1.82. The molecular weight excluding hydrogens is 126 g/mol. The van der Waals surface area contributed by atoms with E-state index in [0.717, 1.165) is 26.1 Å². The smallest absolute Gasteiger partial charge is 0.0794 e. The number of aliphatic hydroxyl groups excluding tert-OH is 1. The highest BCUT2D eigenvalue weighted by Gasteiger charge is 2.23. The Hall–Kier alpha value is -0.340. The van der Waals surface area contributed by atoms with Crippen molar-refractivity contribution in [2.24, 2.45) is 0 Å². The molecule has 58 valence electrons. The van der Waals surface area contributed by atoms with Crippen LogP contribution in [-0.4, -0.2) is 35.7 Å². The van der Waals surface area contributed by atoms with Gasteiger partial charge in [0.1, 0.15) is 0 Å². The molecule has 1 saturated heterocycles. The van der Waals surface area contributed by atoms with Crippen molar-refractivity contribution >= 4 is 0 Å². The molecular formula is C8H15NO. The van der Waals surface area contributed by atoms with Gasteiger partial charge in [0.15, 0.2) is 0 Å². The van der Waals surface area contributed by atoms with Crippen LogP contribution in [0.25, 0.3) is 0 Å². The normalized spacial score (nSPS) is 20.6. The Morgan fingerprint density at radius 3 is 2.70 bits per heavy atom. The molecule has 0 bridgehead atoms. The molecule has 1 heterocycles. The van der Waals surface area contributed by atoms with Gasteiger partial charge in [-0.1, -0.05) is 19.1 Å². The minimum atomic E-state index is -0.0790. The van der Waals surface area contributed by atoms with Crippen LogP contribution in [0.3, 0.4) is 0 Å². The number of hydrogen-bond donors (Lipinski definition) is 1. The number of β-amino-alcohol motifs (C(OH)–C–C–N with tert-alkyl or cyclic N) is 1. The predicted molar refractivity (Wildman–Crippen MR) is 41.9 cm³/mol. The summed E-state index contributed by atoms with van der Waals surface area (Å²) in [6.07, 6.45) is 0.969. The average molecular weight is 141 g/mol. The highest BCUT2D eigenvalue weighted by atomic mass is 16.3. The van der Waals surface area contributed by atoms with Crippen LogP contribution in [0, 0.1) is 0 Å². The Morgan fingerprint density at radius 1 is 1.70 bits per heavy atom. The van der Waals surface area contributed by atoms with Gasteiger partial charge in [-0.05, 0) is 6.42 Å². The molecule has 0 atom stereocenters. The van der Waals surface area contributed by atoms with Gasteiger partial charge in [-0.25, -0.2) is 0 Å². The maximum atomic E-state index is 8.93. The van der Waals surface area contributed by atoms with Crippen molar-refractivity contribution in [2.75, 3.05) is 19.6 Å². The van der Waals surface area contributed by atoms with E-state index in [1.807, 2.05) is 0 Å². The van der Waals surface area contributed by atoms with Crippen molar-refractivity contribution in [1.29, 1.82) is 0 Å². The van der Waals surface area contributed by atoms with Crippen molar-refractivity contribution < 1.29 is 5.11 Å². The molecule has 2 heteroatoms. The van der Waals surface area contributed by atoms with Gasteiger partial charge in [0.2, 0.25) is 0 Å². The molecule has 1 aliphatic heterocycles. The molecule has 0 radical (unpaired) electrons. The quantitative estimate of drug-likeness (QED) is 0.583. The zero-order chi connectivity index (χ0) is 7.56. The first-order valence-electron chi connectivity index (χ1n) is 3.79. The van der Waals surface area contributed by atoms with Crippen LogP contribution in [0.15, 0.2) is 12.2 Å². The van der Waals surface area contributed by atoms with E-state index in [1.165, 1.54) is 5.57 Å². The molecule has 1 fully saturated rings. The average Bonchev–Trinajstić information content (AvgIpc) is 1.84. The number of aliphatic hydroxyl groups is 1. The van der Waals surface area contributed by atoms with Crippen molar-refractivity contribution in [2.45, 2.75) is 19.4 Å². The molecule has 1 aliphatic rings. The van der Waals surface area contributed by atoms with E-state index in [9.17, 15) is 0 Å². The van der Waals surface area contributed by atoms with Gasteiger partial charge < -0.3 is 5.11 Å². The van der Waals surface area contributed by atoms with E-state index in [1.54, 1.807) is 0 Å². The summed E-state index contributed by atoms with van der Waals surface area (Å²) in [6.45, 7) is 8.64. The summed E-state index contributed by atoms with van der Waals surface area (Å²) in [4.78, 5) is 2.20. The predicted octanol–water partition coefficient (Wildman–Crippen LogP) is 0.629. The molecule has 2 nitrogen and oxygen atoms in total. The largest absolute Gasteiger partial charge is 0.390 e. The van der Waals surface area contributed by atoms with Gasteiger partial charge in [-0.3, -0.25) is 4.90 Å². The second-order valence-electron chi connectivity index (χ2n) is 2.95. The van der Waals surface area contributed by atoms with Gasteiger partial charge in [0, 0.05) is 19.6 Å². The first-order chi connectivity index (χ1) is 4.72. The zero-order valence-corrected chi connectivity index (χ0v) is 6.51. The second-order valence-corrected chi connectivity index (χ2v) is 2.95. The molecule has 0 amide bonds. The second kappa shape index (κ2) is 3.17. The Kier molecular flexibility index (Phi) is 2.46. The molecule has 0 saturated carbocycles. The minimum absolute atomic E-state index is 0.0790. The van der Waals surface area contributed by atoms with E-state index in [-0.39, 0.29) is 6.10 Å². The Morgan fingerprint density at radius 2 is 2.30 bits per heavy atom.